The third-order valence-electron chi connectivity index (χ3n) is 6.45. The minimum absolute atomic E-state index is 0.0144. The Morgan fingerprint density at radius 2 is 1.97 bits per heavy atom. The van der Waals surface area contributed by atoms with Crippen molar-refractivity contribution in [3.63, 3.8) is 0 Å². The van der Waals surface area contributed by atoms with Gasteiger partial charge < -0.3 is 20.3 Å². The highest BCUT2D eigenvalue weighted by atomic mass is 32.1. The fraction of sp³-hybridized carbons (Fsp3) is 0.458. The predicted octanol–water partition coefficient (Wildman–Crippen LogP) is 4.85. The number of aromatic nitrogens is 3. The first-order chi connectivity index (χ1) is 17.4. The molecule has 2 saturated heterocycles. The fourth-order valence-electron chi connectivity index (χ4n) is 4.95. The van der Waals surface area contributed by atoms with E-state index in [-0.39, 0.29) is 30.6 Å². The normalized spacial score (nSPS) is 20.9. The first-order valence-electron chi connectivity index (χ1n) is 11.9. The van der Waals surface area contributed by atoms with Crippen LogP contribution in [0.5, 0.6) is 0 Å². The number of ether oxygens (including phenoxy) is 1. The number of halogens is 1. The second-order valence-corrected chi connectivity index (χ2v) is 11.0. The number of rotatable bonds is 7. The van der Waals surface area contributed by atoms with Crippen LogP contribution < -0.4 is 10.6 Å². The van der Waals surface area contributed by atoms with Gasteiger partial charge >= 0.3 is 6.09 Å². The number of piperidine rings is 1. The molecule has 36 heavy (non-hydrogen) atoms. The number of hydrogen-bond donors (Lipinski definition) is 2. The third kappa shape index (κ3) is 5.19. The lowest BCUT2D eigenvalue weighted by molar-refractivity contribution is 0.0177. The Morgan fingerprint density at radius 3 is 2.61 bits per heavy atom. The van der Waals surface area contributed by atoms with E-state index in [1.54, 1.807) is 29.7 Å². The largest absolute Gasteiger partial charge is 0.446 e. The molecule has 2 bridgehead atoms. The maximum absolute atomic E-state index is 13.3. The van der Waals surface area contributed by atoms with Gasteiger partial charge in [0.15, 0.2) is 5.13 Å². The van der Waals surface area contributed by atoms with Crippen LogP contribution in [0, 0.1) is 13.8 Å². The van der Waals surface area contributed by atoms with Gasteiger partial charge in [0.25, 0.3) is 5.91 Å². The van der Waals surface area contributed by atoms with E-state index in [1.165, 1.54) is 11.3 Å². The first-order valence-corrected chi connectivity index (χ1v) is 13.6. The zero-order valence-electron chi connectivity index (χ0n) is 20.0. The van der Waals surface area contributed by atoms with E-state index in [4.69, 9.17) is 4.74 Å². The van der Waals surface area contributed by atoms with Crippen molar-refractivity contribution in [3.8, 4) is 10.6 Å². The van der Waals surface area contributed by atoms with Gasteiger partial charge in [-0.1, -0.05) is 0 Å². The summed E-state index contributed by atoms with van der Waals surface area (Å²) in [5.41, 5.74) is 2.38. The highest BCUT2D eigenvalue weighted by molar-refractivity contribution is 7.16. The number of amides is 2. The van der Waals surface area contributed by atoms with Gasteiger partial charge in [-0.15, -0.1) is 22.7 Å². The molecule has 3 aromatic heterocycles. The minimum Gasteiger partial charge on any atom is -0.446 e. The Bertz CT molecular complexity index is 1230. The molecule has 0 radical (unpaired) electrons. The first kappa shape index (κ1) is 24.6. The van der Waals surface area contributed by atoms with Crippen molar-refractivity contribution in [1.82, 2.24) is 25.2 Å². The van der Waals surface area contributed by atoms with E-state index >= 15 is 0 Å². The summed E-state index contributed by atoms with van der Waals surface area (Å²) in [6.07, 6.45) is 3.64. The van der Waals surface area contributed by atoms with Gasteiger partial charge in [0.2, 0.25) is 0 Å². The summed E-state index contributed by atoms with van der Waals surface area (Å²) in [5.74, 6) is 0.550. The summed E-state index contributed by atoms with van der Waals surface area (Å²) < 4.78 is 17.7. The summed E-state index contributed by atoms with van der Waals surface area (Å²) in [6.45, 7) is 3.27. The smallest absolute Gasteiger partial charge is 0.407 e. The number of alkyl carbamates (subject to hydrolysis) is 1. The summed E-state index contributed by atoms with van der Waals surface area (Å²) in [5, 5.41) is 9.32. The van der Waals surface area contributed by atoms with Gasteiger partial charge in [0.05, 0.1) is 26.8 Å². The van der Waals surface area contributed by atoms with E-state index in [1.807, 2.05) is 24.1 Å². The SMILES string of the molecule is Cc1nc(C)c(-c2csc(Nc3ccc(C(=O)N4[C@@H]5CC[C@H]4CC(OC(=O)NCCF)C5)cn3)n2)s1. The summed E-state index contributed by atoms with van der Waals surface area (Å²) in [6, 6.07) is 3.58. The quantitative estimate of drug-likeness (QED) is 0.449. The number of alkyl halides is 1. The van der Waals surface area contributed by atoms with Crippen molar-refractivity contribution >= 4 is 45.6 Å². The maximum atomic E-state index is 13.3. The molecule has 2 N–H and O–H groups in total. The molecule has 0 saturated carbocycles. The van der Waals surface area contributed by atoms with Gasteiger partial charge in [0.1, 0.15) is 18.6 Å². The van der Waals surface area contributed by atoms with Gasteiger partial charge in [0, 0.05) is 43.0 Å². The second-order valence-electron chi connectivity index (χ2n) is 8.95. The van der Waals surface area contributed by atoms with Crippen LogP contribution in [0.25, 0.3) is 10.6 Å². The number of aryl methyl sites for hydroxylation is 2. The number of thiazole rings is 2. The Hall–Kier alpha value is -3.12. The van der Waals surface area contributed by atoms with Crippen LogP contribution in [-0.2, 0) is 4.74 Å². The predicted molar refractivity (Wildman–Crippen MR) is 137 cm³/mol. The third-order valence-corrected chi connectivity index (χ3v) is 8.30. The molecule has 190 valence electrons. The van der Waals surface area contributed by atoms with Crippen molar-refractivity contribution in [2.24, 2.45) is 0 Å². The van der Waals surface area contributed by atoms with Crippen LogP contribution in [0.2, 0.25) is 0 Å². The molecule has 0 aromatic carbocycles. The molecule has 3 aromatic rings. The van der Waals surface area contributed by atoms with E-state index in [0.29, 0.717) is 24.2 Å². The van der Waals surface area contributed by atoms with E-state index in [2.05, 4.69) is 25.6 Å². The lowest BCUT2D eigenvalue weighted by Gasteiger charge is -2.38. The maximum Gasteiger partial charge on any atom is 0.407 e. The molecule has 12 heteroatoms. The van der Waals surface area contributed by atoms with Crippen molar-refractivity contribution in [2.45, 2.75) is 57.7 Å². The summed E-state index contributed by atoms with van der Waals surface area (Å²) in [7, 11) is 0. The molecule has 0 spiro atoms. The minimum atomic E-state index is -0.632. The molecule has 2 amide bonds. The number of nitrogens with zero attached hydrogens (tertiary/aromatic N) is 4. The average molecular weight is 531 g/mol. The van der Waals surface area contributed by atoms with Crippen LogP contribution in [0.4, 0.5) is 20.1 Å². The second kappa shape index (κ2) is 10.5. The number of carbonyl (C=O) groups excluding carboxylic acids is 2. The van der Waals surface area contributed by atoms with Crippen molar-refractivity contribution < 1.29 is 18.7 Å². The molecule has 1 unspecified atom stereocenters. The van der Waals surface area contributed by atoms with E-state index in [0.717, 1.165) is 39.2 Å². The standard InChI is InChI=1S/C24H27FN6O3S2/c1-13-21(36-14(2)28-13)19-12-35-23(29-19)30-20-6-3-15(11-27-20)22(32)31-16-4-5-17(31)10-18(9-16)34-24(33)26-8-7-25/h3,6,11-12,16-18H,4-5,7-10H2,1-2H3,(H,26,33)(H,27,29,30)/t16-,17+,18?. The summed E-state index contributed by atoms with van der Waals surface area (Å²) in [4.78, 5) is 41.6. The Morgan fingerprint density at radius 1 is 1.19 bits per heavy atom. The Balaban J connectivity index is 1.20. The molecule has 2 aliphatic heterocycles. The molecule has 3 atom stereocenters. The van der Waals surface area contributed by atoms with Crippen molar-refractivity contribution in [3.05, 3.63) is 40.0 Å². The molecule has 9 nitrogen and oxygen atoms in total. The number of carbonyl (C=O) groups is 2. The number of pyridine rings is 1. The highest BCUT2D eigenvalue weighted by Crippen LogP contribution is 2.38. The number of fused-ring (bicyclic) bond motifs is 2. The molecular weight excluding hydrogens is 503 g/mol. The number of hydrogen-bond acceptors (Lipinski definition) is 9. The van der Waals surface area contributed by atoms with Crippen LogP contribution >= 0.6 is 22.7 Å². The number of nitrogens with one attached hydrogen (secondary N) is 2. The van der Waals surface area contributed by atoms with Gasteiger partial charge in [-0.3, -0.25) is 4.79 Å². The zero-order chi connectivity index (χ0) is 25.2. The molecule has 5 heterocycles. The topological polar surface area (TPSA) is 109 Å². The van der Waals surface area contributed by atoms with Crippen LogP contribution in [0.15, 0.2) is 23.7 Å². The zero-order valence-corrected chi connectivity index (χ0v) is 21.6. The summed E-state index contributed by atoms with van der Waals surface area (Å²) >= 11 is 3.11. The van der Waals surface area contributed by atoms with Gasteiger partial charge in [-0.2, -0.15) is 0 Å². The van der Waals surface area contributed by atoms with Crippen LogP contribution in [0.1, 0.15) is 46.7 Å². The molecule has 2 aliphatic rings. The monoisotopic (exact) mass is 530 g/mol. The van der Waals surface area contributed by atoms with E-state index < -0.39 is 12.8 Å². The lowest BCUT2D eigenvalue weighted by Crippen LogP contribution is -2.49. The van der Waals surface area contributed by atoms with Crippen molar-refractivity contribution in [1.29, 1.82) is 0 Å². The molecule has 0 aliphatic carbocycles. The van der Waals surface area contributed by atoms with Crippen molar-refractivity contribution in [2.75, 3.05) is 18.5 Å². The van der Waals surface area contributed by atoms with Gasteiger partial charge in [-0.05, 0) is 38.8 Å². The van der Waals surface area contributed by atoms with E-state index in [9.17, 15) is 14.0 Å². The van der Waals surface area contributed by atoms with Crippen LogP contribution in [0.3, 0.4) is 0 Å². The average Bonchev–Trinajstić information content (AvgIpc) is 3.53. The van der Waals surface area contributed by atoms with Gasteiger partial charge in [-0.25, -0.2) is 24.1 Å². The highest BCUT2D eigenvalue weighted by Gasteiger charge is 2.44. The fourth-order valence-corrected chi connectivity index (χ4v) is 6.62. The Labute approximate surface area is 216 Å². The lowest BCUT2D eigenvalue weighted by atomic mass is 9.98. The molecule has 5 rings (SSSR count). The molecular formula is C24H27FN6O3S2. The Kier molecular flexibility index (Phi) is 7.15. The van der Waals surface area contributed by atoms with Crippen LogP contribution in [-0.4, -0.2) is 63.3 Å². The number of anilines is 2. The molecule has 2 fully saturated rings.